The molecule has 0 radical (unpaired) electrons. The Balaban J connectivity index is 1.51. The zero-order valence-corrected chi connectivity index (χ0v) is 24.9. The van der Waals surface area contributed by atoms with Crippen LogP contribution in [0.1, 0.15) is 104 Å². The largest absolute Gasteiger partial charge is 0.494 e. The first kappa shape index (κ1) is 33.1. The van der Waals surface area contributed by atoms with Crippen LogP contribution in [0.15, 0.2) is 70.9 Å². The highest BCUT2D eigenvalue weighted by Crippen LogP contribution is 2.23. The van der Waals surface area contributed by atoms with E-state index in [1.165, 1.54) is 57.8 Å². The highest BCUT2D eigenvalue weighted by atomic mass is 16.5. The monoisotopic (exact) mass is 550 g/mol. The Hall–Kier alpha value is -3.15. The van der Waals surface area contributed by atoms with Crippen molar-refractivity contribution in [3.05, 3.63) is 60.7 Å². The van der Waals surface area contributed by atoms with Crippen LogP contribution in [0.2, 0.25) is 0 Å². The lowest BCUT2D eigenvalue weighted by molar-refractivity contribution is -0.139. The van der Waals surface area contributed by atoms with E-state index in [-0.39, 0.29) is 5.97 Å². The van der Waals surface area contributed by atoms with Crippen molar-refractivity contribution in [2.24, 2.45) is 10.2 Å². The van der Waals surface area contributed by atoms with Crippen LogP contribution in [-0.4, -0.2) is 25.8 Å². The molecule has 0 atom stereocenters. The molecule has 0 fully saturated rings. The fourth-order valence-corrected chi connectivity index (χ4v) is 4.15. The van der Waals surface area contributed by atoms with Gasteiger partial charge < -0.3 is 14.2 Å². The molecule has 0 heterocycles. The van der Waals surface area contributed by atoms with E-state index in [1.54, 1.807) is 6.92 Å². The van der Waals surface area contributed by atoms with Crippen LogP contribution < -0.4 is 9.47 Å². The van der Waals surface area contributed by atoms with Crippen LogP contribution in [-0.2, 0) is 9.53 Å². The van der Waals surface area contributed by atoms with Gasteiger partial charge in [-0.3, -0.25) is 0 Å². The van der Waals surface area contributed by atoms with Gasteiger partial charge >= 0.3 is 5.97 Å². The quantitative estimate of drug-likeness (QED) is 0.0597. The molecule has 0 saturated heterocycles. The molecule has 0 aliphatic carbocycles. The maximum absolute atomic E-state index is 11.3. The molecule has 2 aromatic carbocycles. The number of esters is 1. The maximum atomic E-state index is 11.3. The van der Waals surface area contributed by atoms with Crippen LogP contribution in [0.5, 0.6) is 11.5 Å². The van der Waals surface area contributed by atoms with E-state index in [0.29, 0.717) is 18.8 Å². The van der Waals surface area contributed by atoms with Crippen LogP contribution in [0.4, 0.5) is 11.4 Å². The number of ether oxygens (including phenoxy) is 3. The van der Waals surface area contributed by atoms with E-state index >= 15 is 0 Å². The molecule has 0 unspecified atom stereocenters. The van der Waals surface area contributed by atoms with Crippen molar-refractivity contribution in [1.82, 2.24) is 0 Å². The molecule has 6 nitrogen and oxygen atoms in total. The van der Waals surface area contributed by atoms with Crippen molar-refractivity contribution in [2.75, 3.05) is 19.8 Å². The van der Waals surface area contributed by atoms with Crippen LogP contribution in [0.25, 0.3) is 0 Å². The van der Waals surface area contributed by atoms with Gasteiger partial charge in [0.2, 0.25) is 0 Å². The van der Waals surface area contributed by atoms with Gasteiger partial charge in [0.1, 0.15) is 11.5 Å². The van der Waals surface area contributed by atoms with Crippen molar-refractivity contribution in [3.8, 4) is 11.5 Å². The van der Waals surface area contributed by atoms with Gasteiger partial charge in [0, 0.05) is 5.57 Å². The minimum atomic E-state index is -0.292. The number of carbonyl (C=O) groups excluding carboxylic acids is 1. The number of unbranched alkanes of at least 4 members (excludes halogenated alkanes) is 12. The molecular weight excluding hydrogens is 500 g/mol. The van der Waals surface area contributed by atoms with Crippen molar-refractivity contribution in [2.45, 2.75) is 104 Å². The number of carbonyl (C=O) groups is 1. The number of hydrogen-bond donors (Lipinski definition) is 0. The van der Waals surface area contributed by atoms with Gasteiger partial charge in [0.25, 0.3) is 0 Å². The highest BCUT2D eigenvalue weighted by Gasteiger charge is 2.02. The average Bonchev–Trinajstić information content (AvgIpc) is 2.97. The van der Waals surface area contributed by atoms with Gasteiger partial charge in [-0.25, -0.2) is 4.79 Å². The Kier molecular flexibility index (Phi) is 17.9. The molecule has 0 aliphatic rings. The number of rotatable bonds is 23. The SMILES string of the molecule is C=C(C)C(=O)OCCCCCCCCCOc1ccc(N=Nc2ccc(OCCCCCCCCC)cc2)cc1. The third-order valence-corrected chi connectivity index (χ3v) is 6.61. The van der Waals surface area contributed by atoms with Crippen molar-refractivity contribution in [3.63, 3.8) is 0 Å². The van der Waals surface area contributed by atoms with E-state index < -0.39 is 0 Å². The lowest BCUT2D eigenvalue weighted by Gasteiger charge is -2.07. The fourth-order valence-electron chi connectivity index (χ4n) is 4.15. The molecule has 2 aromatic rings. The summed E-state index contributed by atoms with van der Waals surface area (Å²) in [5.41, 5.74) is 2.05. The van der Waals surface area contributed by atoms with Crippen LogP contribution in [0.3, 0.4) is 0 Å². The summed E-state index contributed by atoms with van der Waals surface area (Å²) >= 11 is 0. The normalized spacial score (nSPS) is 11.1. The summed E-state index contributed by atoms with van der Waals surface area (Å²) in [4.78, 5) is 11.3. The molecule has 0 saturated carbocycles. The molecule has 0 aliphatic heterocycles. The number of benzene rings is 2. The molecule has 0 bridgehead atoms. The Morgan fingerprint density at radius 2 is 0.975 bits per heavy atom. The summed E-state index contributed by atoms with van der Waals surface area (Å²) in [5.74, 6) is 1.44. The predicted octanol–water partition coefficient (Wildman–Crippen LogP) is 10.5. The lowest BCUT2D eigenvalue weighted by Crippen LogP contribution is -2.05. The highest BCUT2D eigenvalue weighted by molar-refractivity contribution is 5.86. The zero-order chi connectivity index (χ0) is 28.7. The van der Waals surface area contributed by atoms with Crippen molar-refractivity contribution >= 4 is 17.3 Å². The first-order chi connectivity index (χ1) is 19.6. The topological polar surface area (TPSA) is 69.5 Å². The van der Waals surface area contributed by atoms with Gasteiger partial charge in [0.15, 0.2) is 0 Å². The summed E-state index contributed by atoms with van der Waals surface area (Å²) in [6, 6.07) is 15.5. The van der Waals surface area contributed by atoms with Crippen LogP contribution >= 0.6 is 0 Å². The third-order valence-electron chi connectivity index (χ3n) is 6.61. The smallest absolute Gasteiger partial charge is 0.333 e. The summed E-state index contributed by atoms with van der Waals surface area (Å²) in [5, 5.41) is 8.68. The Morgan fingerprint density at radius 3 is 1.38 bits per heavy atom. The molecular formula is C34H50N2O4. The molecule has 0 N–H and O–H groups in total. The van der Waals surface area contributed by atoms with E-state index in [4.69, 9.17) is 14.2 Å². The molecule has 40 heavy (non-hydrogen) atoms. The molecule has 220 valence electrons. The van der Waals surface area contributed by atoms with Crippen molar-refractivity contribution in [1.29, 1.82) is 0 Å². The van der Waals surface area contributed by atoms with Gasteiger partial charge in [-0.05, 0) is 74.7 Å². The summed E-state index contributed by atoms with van der Waals surface area (Å²) < 4.78 is 16.8. The predicted molar refractivity (Wildman–Crippen MR) is 164 cm³/mol. The Labute approximate surface area is 242 Å². The van der Waals surface area contributed by atoms with Crippen molar-refractivity contribution < 1.29 is 19.0 Å². The molecule has 0 amide bonds. The standard InChI is InChI=1S/C34H50N2O4/c1-4-5-6-7-9-12-15-26-38-32-22-18-30(19-23-32)35-36-31-20-24-33(25-21-31)39-27-16-13-10-8-11-14-17-28-40-34(37)29(2)3/h18-25H,2,4-17,26-28H2,1,3H3. The van der Waals surface area contributed by atoms with Gasteiger partial charge in [0.05, 0.1) is 31.2 Å². The van der Waals surface area contributed by atoms with E-state index in [2.05, 4.69) is 23.7 Å². The minimum absolute atomic E-state index is 0.292. The number of nitrogens with zero attached hydrogens (tertiary/aromatic N) is 2. The minimum Gasteiger partial charge on any atom is -0.494 e. The second-order valence-electron chi connectivity index (χ2n) is 10.4. The summed E-state index contributed by atoms with van der Waals surface area (Å²) in [6.45, 7) is 9.47. The van der Waals surface area contributed by atoms with E-state index in [1.807, 2.05) is 48.5 Å². The fraction of sp³-hybridized carbons (Fsp3) is 0.559. The molecule has 2 rings (SSSR count). The zero-order valence-electron chi connectivity index (χ0n) is 24.9. The van der Waals surface area contributed by atoms with E-state index in [0.717, 1.165) is 61.6 Å². The van der Waals surface area contributed by atoms with Crippen LogP contribution in [0, 0.1) is 0 Å². The second-order valence-corrected chi connectivity index (χ2v) is 10.4. The maximum Gasteiger partial charge on any atom is 0.333 e. The summed E-state index contributed by atoms with van der Waals surface area (Å²) in [6.07, 6.45) is 16.7. The second kappa shape index (κ2) is 21.6. The third kappa shape index (κ3) is 16.1. The first-order valence-corrected chi connectivity index (χ1v) is 15.3. The summed E-state index contributed by atoms with van der Waals surface area (Å²) in [7, 11) is 0. The lowest BCUT2D eigenvalue weighted by atomic mass is 10.1. The Bertz CT molecular complexity index is 970. The van der Waals surface area contributed by atoms with Gasteiger partial charge in [-0.1, -0.05) is 84.1 Å². The van der Waals surface area contributed by atoms with Gasteiger partial charge in [-0.15, -0.1) is 0 Å². The first-order valence-electron chi connectivity index (χ1n) is 15.3. The molecule has 0 spiro atoms. The van der Waals surface area contributed by atoms with Gasteiger partial charge in [-0.2, -0.15) is 10.2 Å². The van der Waals surface area contributed by atoms with E-state index in [9.17, 15) is 4.79 Å². The average molecular weight is 551 g/mol. The number of azo groups is 1. The Morgan fingerprint density at radius 1 is 0.600 bits per heavy atom. The molecule has 6 heteroatoms. The molecule has 0 aromatic heterocycles. The number of hydrogen-bond acceptors (Lipinski definition) is 6.